The van der Waals surface area contributed by atoms with Crippen LogP contribution in [0.3, 0.4) is 0 Å². The van der Waals surface area contributed by atoms with Crippen molar-refractivity contribution in [1.82, 2.24) is 4.90 Å². The van der Waals surface area contributed by atoms with Gasteiger partial charge in [-0.2, -0.15) is 0 Å². The third kappa shape index (κ3) is 1.44. The molecule has 2 heterocycles. The van der Waals surface area contributed by atoms with Crippen molar-refractivity contribution in [3.05, 3.63) is 0 Å². The molecular weight excluding hydrogens is 206 g/mol. The Morgan fingerprint density at radius 3 is 2.55 bits per heavy atom. The number of ether oxygens (including phenoxy) is 1. The molecule has 2 nitrogen and oxygen atoms in total. The summed E-state index contributed by atoms with van der Waals surface area (Å²) in [6, 6.07) is 0.698. The van der Waals surface area contributed by atoms with Crippen LogP contribution < -0.4 is 0 Å². The van der Waals surface area contributed by atoms with Crippen molar-refractivity contribution in [3.63, 3.8) is 0 Å². The number of halogens is 1. The van der Waals surface area contributed by atoms with E-state index in [4.69, 9.17) is 4.74 Å². The summed E-state index contributed by atoms with van der Waals surface area (Å²) in [4.78, 5) is 5.21. The summed E-state index contributed by atoms with van der Waals surface area (Å²) < 4.78 is 5.10. The van der Waals surface area contributed by atoms with Gasteiger partial charge in [-0.1, -0.05) is 5.92 Å². The fourth-order valence-electron chi connectivity index (χ4n) is 1.41. The van der Waals surface area contributed by atoms with Gasteiger partial charge in [0.2, 0.25) is 0 Å². The predicted octanol–water partition coefficient (Wildman–Crippen LogP) is 0.673. The molecule has 2 aliphatic rings. The van der Waals surface area contributed by atoms with Gasteiger partial charge < -0.3 is 4.74 Å². The highest BCUT2D eigenvalue weighted by molar-refractivity contribution is 9.12. The summed E-state index contributed by atoms with van der Waals surface area (Å²) in [5.41, 5.74) is 0. The molecule has 0 saturated carbocycles. The van der Waals surface area contributed by atoms with Gasteiger partial charge in [-0.3, -0.25) is 4.90 Å². The largest absolute Gasteiger partial charge is 0.378 e. The van der Waals surface area contributed by atoms with Crippen LogP contribution in [-0.2, 0) is 4.74 Å². The first kappa shape index (κ1) is 7.60. The van der Waals surface area contributed by atoms with E-state index >= 15 is 0 Å². The van der Waals surface area contributed by atoms with E-state index < -0.39 is 0 Å². The predicted molar refractivity (Wildman–Crippen MR) is 46.4 cm³/mol. The van der Waals surface area contributed by atoms with Crippen LogP contribution in [0.4, 0.5) is 0 Å². The summed E-state index contributed by atoms with van der Waals surface area (Å²) in [5, 5.41) is 0. The Hall–Kier alpha value is -0.0400. The topological polar surface area (TPSA) is 12.5 Å². The maximum atomic E-state index is 5.10. The molecule has 0 aromatic heterocycles. The first-order valence-corrected chi connectivity index (χ1v) is 4.62. The van der Waals surface area contributed by atoms with Gasteiger partial charge in [0, 0.05) is 34.9 Å². The maximum absolute atomic E-state index is 5.10. The first-order valence-electron chi connectivity index (χ1n) is 3.83. The van der Waals surface area contributed by atoms with Gasteiger partial charge in [-0.15, -0.1) is 0 Å². The Kier molecular flexibility index (Phi) is 2.17. The third-order valence-corrected chi connectivity index (χ3v) is 2.53. The molecule has 0 aromatic rings. The molecule has 2 aliphatic heterocycles. The lowest BCUT2D eigenvalue weighted by molar-refractivity contribution is -0.0936. The first-order chi connectivity index (χ1) is 5.40. The molecular formula is C8H10BrNO. The molecule has 2 rings (SSSR count). The molecule has 0 unspecified atom stereocenters. The van der Waals surface area contributed by atoms with Crippen LogP contribution in [0.1, 0.15) is 0 Å². The van der Waals surface area contributed by atoms with Crippen LogP contribution in [0.25, 0.3) is 0 Å². The average molecular weight is 216 g/mol. The summed E-state index contributed by atoms with van der Waals surface area (Å²) in [6.45, 7) is 4.11. The molecule has 0 amide bonds. The smallest absolute Gasteiger partial charge is 0.0645 e. The minimum absolute atomic E-state index is 0.593. The van der Waals surface area contributed by atoms with Gasteiger partial charge in [-0.25, -0.2) is 0 Å². The summed E-state index contributed by atoms with van der Waals surface area (Å²) >= 11 is 3.11. The van der Waals surface area contributed by atoms with E-state index in [0.717, 1.165) is 26.3 Å². The highest BCUT2D eigenvalue weighted by Crippen LogP contribution is 2.21. The molecule has 0 bridgehead atoms. The molecule has 2 fully saturated rings. The van der Waals surface area contributed by atoms with Crippen molar-refractivity contribution in [2.24, 2.45) is 5.92 Å². The number of likely N-dealkylation sites (tertiary alicyclic amines) is 1. The molecule has 0 radical (unpaired) electrons. The molecule has 0 spiro atoms. The highest BCUT2D eigenvalue weighted by Gasteiger charge is 2.34. The van der Waals surface area contributed by atoms with E-state index in [1.807, 2.05) is 0 Å². The monoisotopic (exact) mass is 215 g/mol. The quantitative estimate of drug-likeness (QED) is 0.597. The van der Waals surface area contributed by atoms with E-state index in [9.17, 15) is 0 Å². The summed E-state index contributed by atoms with van der Waals surface area (Å²) in [7, 11) is 0. The van der Waals surface area contributed by atoms with Gasteiger partial charge in [0.05, 0.1) is 19.3 Å². The van der Waals surface area contributed by atoms with Crippen molar-refractivity contribution < 1.29 is 4.74 Å². The van der Waals surface area contributed by atoms with E-state index in [-0.39, 0.29) is 0 Å². The molecule has 11 heavy (non-hydrogen) atoms. The molecule has 0 aromatic carbocycles. The number of hydrogen-bond donors (Lipinski definition) is 0. The van der Waals surface area contributed by atoms with Gasteiger partial charge in [-0.05, 0) is 4.83 Å². The van der Waals surface area contributed by atoms with Gasteiger partial charge in [0.1, 0.15) is 0 Å². The summed E-state index contributed by atoms with van der Waals surface area (Å²) in [5.74, 6) is 3.69. The standard InChI is InChI=1S/C8H10BrNO/c9-2-1-7-3-10(4-7)8-5-11-6-8/h7-8H,3-6H2. The van der Waals surface area contributed by atoms with Crippen LogP contribution in [0.2, 0.25) is 0 Å². The lowest BCUT2D eigenvalue weighted by Gasteiger charge is -2.45. The van der Waals surface area contributed by atoms with E-state index in [0.29, 0.717) is 12.0 Å². The van der Waals surface area contributed by atoms with Crippen LogP contribution in [0.5, 0.6) is 0 Å². The average Bonchev–Trinajstić information content (AvgIpc) is 1.79. The minimum Gasteiger partial charge on any atom is -0.378 e. The Bertz CT molecular complexity index is 198. The minimum atomic E-state index is 0.593. The Balaban J connectivity index is 1.73. The van der Waals surface area contributed by atoms with Crippen LogP contribution in [-0.4, -0.2) is 37.2 Å². The Morgan fingerprint density at radius 1 is 1.36 bits per heavy atom. The Morgan fingerprint density at radius 2 is 2.09 bits per heavy atom. The molecule has 2 saturated heterocycles. The molecule has 3 heteroatoms. The highest BCUT2D eigenvalue weighted by atomic mass is 79.9. The second-order valence-electron chi connectivity index (χ2n) is 3.08. The molecule has 60 valence electrons. The second-order valence-corrected chi connectivity index (χ2v) is 3.48. The number of rotatable bonds is 1. The lowest BCUT2D eigenvalue weighted by atomic mass is 9.98. The SMILES string of the molecule is BrC#CC1CN(C2COC2)C1. The van der Waals surface area contributed by atoms with Crippen molar-refractivity contribution in [2.75, 3.05) is 26.3 Å². The fraction of sp³-hybridized carbons (Fsp3) is 0.750. The van der Waals surface area contributed by atoms with Crippen molar-refractivity contribution >= 4 is 15.9 Å². The number of nitrogens with zero attached hydrogens (tertiary/aromatic N) is 1. The van der Waals surface area contributed by atoms with Crippen LogP contribution in [0.15, 0.2) is 0 Å². The van der Waals surface area contributed by atoms with Gasteiger partial charge >= 0.3 is 0 Å². The van der Waals surface area contributed by atoms with Crippen LogP contribution >= 0.6 is 15.9 Å². The summed E-state index contributed by atoms with van der Waals surface area (Å²) in [6.07, 6.45) is 0. The molecule has 0 atom stereocenters. The Labute approximate surface area is 75.0 Å². The zero-order valence-electron chi connectivity index (χ0n) is 6.22. The van der Waals surface area contributed by atoms with E-state index in [1.165, 1.54) is 0 Å². The van der Waals surface area contributed by atoms with Crippen molar-refractivity contribution in [3.8, 4) is 10.8 Å². The van der Waals surface area contributed by atoms with Crippen LogP contribution in [0, 0.1) is 16.7 Å². The zero-order valence-corrected chi connectivity index (χ0v) is 7.80. The van der Waals surface area contributed by atoms with E-state index in [2.05, 4.69) is 31.6 Å². The zero-order chi connectivity index (χ0) is 7.68. The normalized spacial score (nSPS) is 26.6. The molecule has 0 aliphatic carbocycles. The molecule has 0 N–H and O–H groups in total. The van der Waals surface area contributed by atoms with Crippen molar-refractivity contribution in [2.45, 2.75) is 6.04 Å². The second kappa shape index (κ2) is 3.14. The van der Waals surface area contributed by atoms with Gasteiger partial charge in [0.15, 0.2) is 0 Å². The lowest BCUT2D eigenvalue weighted by Crippen LogP contribution is -2.58. The van der Waals surface area contributed by atoms with E-state index in [1.54, 1.807) is 0 Å². The van der Waals surface area contributed by atoms with Crippen molar-refractivity contribution in [1.29, 1.82) is 0 Å². The fourth-order valence-corrected chi connectivity index (χ4v) is 1.74. The van der Waals surface area contributed by atoms with Gasteiger partial charge in [0.25, 0.3) is 0 Å². The third-order valence-electron chi connectivity index (χ3n) is 2.31. The number of hydrogen-bond acceptors (Lipinski definition) is 2. The maximum Gasteiger partial charge on any atom is 0.0645 e.